The molecule has 0 spiro atoms. The molecule has 0 aliphatic carbocycles. The van der Waals surface area contributed by atoms with E-state index < -0.39 is 5.97 Å². The van der Waals surface area contributed by atoms with Gasteiger partial charge in [0.05, 0.1) is 12.3 Å². The van der Waals surface area contributed by atoms with Crippen LogP contribution < -0.4 is 10.2 Å². The van der Waals surface area contributed by atoms with E-state index in [0.29, 0.717) is 30.4 Å². The summed E-state index contributed by atoms with van der Waals surface area (Å²) in [7, 11) is 0. The van der Waals surface area contributed by atoms with Crippen molar-refractivity contribution in [2.45, 2.75) is 6.92 Å². The number of nitrogens with one attached hydrogen (secondary N) is 1. The molecular weight excluding hydrogens is 430 g/mol. The maximum absolute atomic E-state index is 12.7. The minimum Gasteiger partial charge on any atom is -0.461 e. The third kappa shape index (κ3) is 5.03. The van der Waals surface area contributed by atoms with Gasteiger partial charge in [-0.15, -0.1) is 0 Å². The smallest absolute Gasteiger partial charge is 0.358 e. The average molecular weight is 454 g/mol. The van der Waals surface area contributed by atoms with Crippen LogP contribution in [0.3, 0.4) is 0 Å². The summed E-state index contributed by atoms with van der Waals surface area (Å²) in [6.45, 7) is 4.79. The van der Waals surface area contributed by atoms with Crippen LogP contribution in [0.15, 0.2) is 60.8 Å². The number of carbonyl (C=O) groups is 2. The highest BCUT2D eigenvalue weighted by molar-refractivity contribution is 6.30. The number of benzene rings is 2. The largest absolute Gasteiger partial charge is 0.461 e. The lowest BCUT2D eigenvalue weighted by Gasteiger charge is -2.36. The number of esters is 1. The third-order valence-electron chi connectivity index (χ3n) is 5.20. The van der Waals surface area contributed by atoms with E-state index in [1.807, 2.05) is 36.4 Å². The summed E-state index contributed by atoms with van der Waals surface area (Å²) < 4.78 is 6.55. The molecule has 1 aliphatic rings. The molecule has 2 amide bonds. The normalized spacial score (nSPS) is 13.7. The first-order valence-electron chi connectivity index (χ1n) is 10.4. The number of carbonyl (C=O) groups excluding carboxylic acids is 2. The second-order valence-corrected chi connectivity index (χ2v) is 7.73. The Morgan fingerprint density at radius 2 is 1.78 bits per heavy atom. The van der Waals surface area contributed by atoms with Gasteiger partial charge < -0.3 is 19.9 Å². The average Bonchev–Trinajstić information content (AvgIpc) is 3.30. The van der Waals surface area contributed by atoms with Gasteiger partial charge in [0.2, 0.25) is 0 Å². The molecule has 1 fully saturated rings. The number of rotatable bonds is 5. The predicted molar refractivity (Wildman–Crippen MR) is 124 cm³/mol. The van der Waals surface area contributed by atoms with E-state index >= 15 is 0 Å². The lowest BCUT2D eigenvalue weighted by molar-refractivity contribution is 0.0519. The molecule has 0 bridgehead atoms. The molecular formula is C23H24ClN5O3. The van der Waals surface area contributed by atoms with E-state index in [0.717, 1.165) is 24.5 Å². The van der Waals surface area contributed by atoms with Crippen molar-refractivity contribution in [1.82, 2.24) is 14.7 Å². The summed E-state index contributed by atoms with van der Waals surface area (Å²) in [5, 5.41) is 7.88. The summed E-state index contributed by atoms with van der Waals surface area (Å²) in [6.07, 6.45) is 1.69. The van der Waals surface area contributed by atoms with Crippen molar-refractivity contribution < 1.29 is 14.3 Å². The van der Waals surface area contributed by atoms with Gasteiger partial charge >= 0.3 is 12.0 Å². The van der Waals surface area contributed by atoms with E-state index in [1.165, 1.54) is 0 Å². The molecule has 2 aromatic carbocycles. The Morgan fingerprint density at radius 1 is 1.03 bits per heavy atom. The second kappa shape index (κ2) is 9.74. The highest BCUT2D eigenvalue weighted by Crippen LogP contribution is 2.21. The van der Waals surface area contributed by atoms with Gasteiger partial charge in [0, 0.05) is 48.8 Å². The van der Waals surface area contributed by atoms with E-state index in [2.05, 4.69) is 15.3 Å². The van der Waals surface area contributed by atoms with Crippen LogP contribution in [0.25, 0.3) is 5.69 Å². The maximum Gasteiger partial charge on any atom is 0.358 e. The fraction of sp³-hybridized carbons (Fsp3) is 0.261. The number of urea groups is 1. The van der Waals surface area contributed by atoms with Crippen molar-refractivity contribution in [3.05, 3.63) is 71.5 Å². The Hall–Kier alpha value is -3.52. The van der Waals surface area contributed by atoms with Gasteiger partial charge in [0.25, 0.3) is 0 Å². The molecule has 0 unspecified atom stereocenters. The second-order valence-electron chi connectivity index (χ2n) is 7.30. The van der Waals surface area contributed by atoms with Crippen LogP contribution >= 0.6 is 11.6 Å². The lowest BCUT2D eigenvalue weighted by atomic mass is 10.2. The van der Waals surface area contributed by atoms with Gasteiger partial charge in [-0.1, -0.05) is 17.7 Å². The number of anilines is 2. The van der Waals surface area contributed by atoms with Gasteiger partial charge in [-0.05, 0) is 55.5 Å². The van der Waals surface area contributed by atoms with Gasteiger partial charge in [-0.25, -0.2) is 14.3 Å². The zero-order valence-corrected chi connectivity index (χ0v) is 18.5. The van der Waals surface area contributed by atoms with E-state index in [-0.39, 0.29) is 11.7 Å². The fourth-order valence-electron chi connectivity index (χ4n) is 3.52. The third-order valence-corrected chi connectivity index (χ3v) is 5.43. The van der Waals surface area contributed by atoms with E-state index in [4.69, 9.17) is 16.3 Å². The molecule has 0 saturated carbocycles. The monoisotopic (exact) mass is 453 g/mol. The highest BCUT2D eigenvalue weighted by Gasteiger charge is 2.21. The molecule has 32 heavy (non-hydrogen) atoms. The number of nitrogens with zero attached hydrogens (tertiary/aromatic N) is 4. The minimum atomic E-state index is -0.453. The first-order chi connectivity index (χ1) is 15.5. The molecule has 0 radical (unpaired) electrons. The summed E-state index contributed by atoms with van der Waals surface area (Å²) in [6, 6.07) is 16.5. The maximum atomic E-state index is 12.7. The van der Waals surface area contributed by atoms with Crippen molar-refractivity contribution >= 4 is 35.0 Å². The SMILES string of the molecule is CCOC(=O)c1ccn(-c2ccc(NC(=O)N3CCN(c4cccc(Cl)c4)CC3)cc2)n1. The van der Waals surface area contributed by atoms with Gasteiger partial charge in [0.1, 0.15) is 0 Å². The fourth-order valence-corrected chi connectivity index (χ4v) is 3.71. The molecule has 166 valence electrons. The van der Waals surface area contributed by atoms with Gasteiger partial charge in [0.15, 0.2) is 5.69 Å². The number of aromatic nitrogens is 2. The number of amides is 2. The Kier molecular flexibility index (Phi) is 6.61. The number of hydrogen-bond acceptors (Lipinski definition) is 5. The number of piperazine rings is 1. The van der Waals surface area contributed by atoms with Crippen molar-refractivity contribution in [1.29, 1.82) is 0 Å². The Morgan fingerprint density at radius 3 is 2.47 bits per heavy atom. The first-order valence-corrected chi connectivity index (χ1v) is 10.8. The van der Waals surface area contributed by atoms with Crippen molar-refractivity contribution in [2.75, 3.05) is 43.0 Å². The van der Waals surface area contributed by atoms with Crippen LogP contribution in [0, 0.1) is 0 Å². The van der Waals surface area contributed by atoms with Crippen LogP contribution in [0.1, 0.15) is 17.4 Å². The molecule has 1 saturated heterocycles. The quantitative estimate of drug-likeness (QED) is 0.589. The Balaban J connectivity index is 1.32. The van der Waals surface area contributed by atoms with Crippen LogP contribution in [0.2, 0.25) is 5.02 Å². The van der Waals surface area contributed by atoms with Crippen molar-refractivity contribution in [3.63, 3.8) is 0 Å². The highest BCUT2D eigenvalue weighted by atomic mass is 35.5. The van der Waals surface area contributed by atoms with Crippen LogP contribution in [-0.4, -0.2) is 59.5 Å². The number of ether oxygens (including phenoxy) is 1. The van der Waals surface area contributed by atoms with Gasteiger partial charge in [-0.2, -0.15) is 5.10 Å². The zero-order valence-electron chi connectivity index (χ0n) is 17.7. The van der Waals surface area contributed by atoms with Crippen molar-refractivity contribution in [2.24, 2.45) is 0 Å². The summed E-state index contributed by atoms with van der Waals surface area (Å²) in [5.74, 6) is -0.453. The molecule has 8 nitrogen and oxygen atoms in total. The molecule has 0 atom stereocenters. The van der Waals surface area contributed by atoms with Crippen LogP contribution in [0.4, 0.5) is 16.2 Å². The topological polar surface area (TPSA) is 79.7 Å². The van der Waals surface area contributed by atoms with Crippen molar-refractivity contribution in [3.8, 4) is 5.69 Å². The standard InChI is InChI=1S/C23H24ClN5O3/c1-2-32-22(30)21-10-11-29(26-21)19-8-6-18(7-9-19)25-23(31)28-14-12-27(13-15-28)20-5-3-4-17(24)16-20/h3-11,16H,2,12-15H2,1H3,(H,25,31). The number of hydrogen-bond donors (Lipinski definition) is 1. The molecule has 4 rings (SSSR count). The molecule has 1 aromatic heterocycles. The van der Waals surface area contributed by atoms with Crippen LogP contribution in [0.5, 0.6) is 0 Å². The van der Waals surface area contributed by atoms with E-state index in [9.17, 15) is 9.59 Å². The first kappa shape index (κ1) is 21.7. The molecule has 1 N–H and O–H groups in total. The summed E-state index contributed by atoms with van der Waals surface area (Å²) in [4.78, 5) is 28.5. The Labute approximate surface area is 191 Å². The summed E-state index contributed by atoms with van der Waals surface area (Å²) >= 11 is 6.08. The molecule has 2 heterocycles. The molecule has 3 aromatic rings. The molecule has 9 heteroatoms. The molecule has 1 aliphatic heterocycles. The Bertz CT molecular complexity index is 1090. The lowest BCUT2D eigenvalue weighted by Crippen LogP contribution is -2.50. The van der Waals surface area contributed by atoms with Gasteiger partial charge in [-0.3, -0.25) is 0 Å². The zero-order chi connectivity index (χ0) is 22.5. The minimum absolute atomic E-state index is 0.132. The van der Waals surface area contributed by atoms with E-state index in [1.54, 1.807) is 40.9 Å². The summed E-state index contributed by atoms with van der Waals surface area (Å²) in [5.41, 5.74) is 2.78. The number of halogens is 1. The van der Waals surface area contributed by atoms with Crippen LogP contribution in [-0.2, 0) is 4.74 Å². The predicted octanol–water partition coefficient (Wildman–Crippen LogP) is 4.06.